The molecule has 1 aromatic carbocycles. The molecule has 8 heteroatoms. The molecule has 2 unspecified atom stereocenters. The fourth-order valence-corrected chi connectivity index (χ4v) is 2.97. The minimum absolute atomic E-state index is 0.142. The van der Waals surface area contributed by atoms with Gasteiger partial charge in [0.25, 0.3) is 0 Å². The SMILES string of the molecule is CCOC(=O)C1CC1N(Br)C(=O)CCc1ccc(C(F)(F)F)cc1. The van der Waals surface area contributed by atoms with Crippen LogP contribution in [-0.4, -0.2) is 28.5 Å². The predicted octanol–water partition coefficient (Wildman–Crippen LogP) is 3.73. The highest BCUT2D eigenvalue weighted by Gasteiger charge is 2.49. The van der Waals surface area contributed by atoms with Crippen molar-refractivity contribution in [3.63, 3.8) is 0 Å². The van der Waals surface area contributed by atoms with Gasteiger partial charge in [-0.25, -0.2) is 0 Å². The van der Waals surface area contributed by atoms with Crippen molar-refractivity contribution >= 4 is 28.0 Å². The number of aryl methyl sites for hydroxylation is 1. The van der Waals surface area contributed by atoms with Gasteiger partial charge in [-0.1, -0.05) is 12.1 Å². The predicted molar refractivity (Wildman–Crippen MR) is 84.1 cm³/mol. The second-order valence-corrected chi connectivity index (χ2v) is 6.33. The summed E-state index contributed by atoms with van der Waals surface area (Å²) < 4.78 is 43.7. The lowest BCUT2D eigenvalue weighted by molar-refractivity contribution is -0.145. The van der Waals surface area contributed by atoms with Crippen LogP contribution in [0, 0.1) is 5.92 Å². The molecule has 1 aliphatic carbocycles. The van der Waals surface area contributed by atoms with E-state index in [4.69, 9.17) is 4.74 Å². The number of esters is 1. The van der Waals surface area contributed by atoms with Crippen molar-refractivity contribution in [2.24, 2.45) is 5.92 Å². The molecule has 0 aliphatic heterocycles. The van der Waals surface area contributed by atoms with Crippen molar-refractivity contribution in [2.45, 2.75) is 38.4 Å². The van der Waals surface area contributed by atoms with Crippen molar-refractivity contribution in [1.29, 1.82) is 0 Å². The molecule has 0 N–H and O–H groups in total. The number of benzene rings is 1. The number of carbonyl (C=O) groups is 2. The highest BCUT2D eigenvalue weighted by atomic mass is 79.9. The minimum Gasteiger partial charge on any atom is -0.466 e. The maximum absolute atomic E-state index is 12.5. The van der Waals surface area contributed by atoms with Crippen LogP contribution < -0.4 is 0 Å². The lowest BCUT2D eigenvalue weighted by Gasteiger charge is -2.14. The number of rotatable bonds is 6. The highest BCUT2D eigenvalue weighted by molar-refractivity contribution is 9.07. The normalized spacial score (nSPS) is 19.7. The Kier molecular flexibility index (Phi) is 5.90. The van der Waals surface area contributed by atoms with Crippen molar-refractivity contribution in [2.75, 3.05) is 6.61 Å². The molecule has 0 saturated heterocycles. The average molecular weight is 408 g/mol. The Morgan fingerprint density at radius 3 is 2.46 bits per heavy atom. The molecule has 2 rings (SSSR count). The summed E-state index contributed by atoms with van der Waals surface area (Å²) in [7, 11) is 0. The summed E-state index contributed by atoms with van der Waals surface area (Å²) in [5.74, 6) is -0.839. The zero-order chi connectivity index (χ0) is 17.9. The van der Waals surface area contributed by atoms with Crippen LogP contribution in [0.25, 0.3) is 0 Å². The van der Waals surface area contributed by atoms with E-state index in [1.54, 1.807) is 6.92 Å². The largest absolute Gasteiger partial charge is 0.466 e. The zero-order valence-corrected chi connectivity index (χ0v) is 14.6. The molecule has 0 spiro atoms. The maximum Gasteiger partial charge on any atom is 0.416 e. The molecular weight excluding hydrogens is 391 g/mol. The molecule has 2 atom stereocenters. The first kappa shape index (κ1) is 18.8. The topological polar surface area (TPSA) is 46.6 Å². The lowest BCUT2D eigenvalue weighted by atomic mass is 10.1. The van der Waals surface area contributed by atoms with E-state index in [1.165, 1.54) is 16.1 Å². The number of alkyl halides is 3. The Bertz CT molecular complexity index is 604. The standard InChI is InChI=1S/C16H17BrF3NO3/c1-2-24-15(23)12-9-13(12)21(17)14(22)8-5-10-3-6-11(7-4-10)16(18,19)20/h3-4,6-7,12-13H,2,5,8-9H2,1H3. The Labute approximate surface area is 146 Å². The molecular formula is C16H17BrF3NO3. The third-order valence-electron chi connectivity index (χ3n) is 3.78. The monoisotopic (exact) mass is 407 g/mol. The number of amides is 1. The Balaban J connectivity index is 1.82. The number of hydrogen-bond acceptors (Lipinski definition) is 3. The highest BCUT2D eigenvalue weighted by Crippen LogP contribution is 2.39. The van der Waals surface area contributed by atoms with E-state index in [-0.39, 0.29) is 30.3 Å². The molecule has 1 aliphatic rings. The van der Waals surface area contributed by atoms with E-state index in [0.29, 0.717) is 25.0 Å². The van der Waals surface area contributed by atoms with Crippen LogP contribution >= 0.6 is 16.1 Å². The molecule has 1 saturated carbocycles. The second-order valence-electron chi connectivity index (χ2n) is 5.56. The summed E-state index contributed by atoms with van der Waals surface area (Å²) in [6.07, 6.45) is -3.34. The van der Waals surface area contributed by atoms with Crippen LogP contribution in [0.3, 0.4) is 0 Å². The fraction of sp³-hybridized carbons (Fsp3) is 0.500. The third-order valence-corrected chi connectivity index (χ3v) is 4.71. The average Bonchev–Trinajstić information content (AvgIpc) is 3.32. The number of halogens is 4. The van der Waals surface area contributed by atoms with Gasteiger partial charge >= 0.3 is 12.1 Å². The zero-order valence-electron chi connectivity index (χ0n) is 13.0. The smallest absolute Gasteiger partial charge is 0.416 e. The van der Waals surface area contributed by atoms with E-state index in [1.807, 2.05) is 0 Å². The number of carbonyl (C=O) groups excluding carboxylic acids is 2. The van der Waals surface area contributed by atoms with E-state index in [9.17, 15) is 22.8 Å². The van der Waals surface area contributed by atoms with Gasteiger partial charge in [0.2, 0.25) is 5.91 Å². The van der Waals surface area contributed by atoms with Gasteiger partial charge in [-0.15, -0.1) is 0 Å². The van der Waals surface area contributed by atoms with Crippen molar-refractivity contribution in [3.05, 3.63) is 35.4 Å². The van der Waals surface area contributed by atoms with E-state index in [0.717, 1.165) is 12.1 Å². The molecule has 4 nitrogen and oxygen atoms in total. The van der Waals surface area contributed by atoms with Gasteiger partial charge in [0.15, 0.2) is 0 Å². The van der Waals surface area contributed by atoms with Gasteiger partial charge in [0.1, 0.15) is 0 Å². The van der Waals surface area contributed by atoms with Gasteiger partial charge in [-0.3, -0.25) is 13.5 Å². The number of ether oxygens (including phenoxy) is 1. The maximum atomic E-state index is 12.5. The number of nitrogens with zero attached hydrogens (tertiary/aromatic N) is 1. The molecule has 1 amide bonds. The third kappa shape index (κ3) is 4.72. The molecule has 0 aromatic heterocycles. The Morgan fingerprint density at radius 2 is 1.92 bits per heavy atom. The molecule has 0 bridgehead atoms. The van der Waals surface area contributed by atoms with E-state index >= 15 is 0 Å². The van der Waals surface area contributed by atoms with Crippen LogP contribution in [0.5, 0.6) is 0 Å². The van der Waals surface area contributed by atoms with Gasteiger partial charge in [-0.05, 0) is 37.5 Å². The van der Waals surface area contributed by atoms with Gasteiger partial charge in [-0.2, -0.15) is 13.2 Å². The van der Waals surface area contributed by atoms with Crippen molar-refractivity contribution < 1.29 is 27.5 Å². The summed E-state index contributed by atoms with van der Waals surface area (Å²) >= 11 is 3.17. The van der Waals surface area contributed by atoms with Crippen molar-refractivity contribution in [3.8, 4) is 0 Å². The molecule has 1 fully saturated rings. The van der Waals surface area contributed by atoms with Crippen LogP contribution in [0.1, 0.15) is 30.9 Å². The van der Waals surface area contributed by atoms with Crippen LogP contribution in [0.15, 0.2) is 24.3 Å². The first-order valence-corrected chi connectivity index (χ1v) is 8.25. The van der Waals surface area contributed by atoms with Gasteiger partial charge < -0.3 is 4.74 Å². The van der Waals surface area contributed by atoms with Crippen LogP contribution in [-0.2, 0) is 26.9 Å². The summed E-state index contributed by atoms with van der Waals surface area (Å²) in [6.45, 7) is 2.02. The number of hydrogen-bond donors (Lipinski definition) is 0. The van der Waals surface area contributed by atoms with Crippen LogP contribution in [0.2, 0.25) is 0 Å². The molecule has 24 heavy (non-hydrogen) atoms. The minimum atomic E-state index is -4.37. The molecule has 132 valence electrons. The summed E-state index contributed by atoms with van der Waals surface area (Å²) in [5, 5.41) is 0. The summed E-state index contributed by atoms with van der Waals surface area (Å²) in [5.41, 5.74) is -0.0649. The molecule has 0 radical (unpaired) electrons. The first-order chi connectivity index (χ1) is 11.2. The summed E-state index contributed by atoms with van der Waals surface area (Å²) in [4.78, 5) is 23.7. The summed E-state index contributed by atoms with van der Waals surface area (Å²) in [6, 6.07) is 4.52. The first-order valence-electron chi connectivity index (χ1n) is 7.54. The quantitative estimate of drug-likeness (QED) is 0.533. The van der Waals surface area contributed by atoms with Gasteiger partial charge in [0.05, 0.1) is 40.3 Å². The van der Waals surface area contributed by atoms with Crippen molar-refractivity contribution in [1.82, 2.24) is 3.93 Å². The Morgan fingerprint density at radius 1 is 1.29 bits per heavy atom. The Hall–Kier alpha value is -1.57. The molecule has 1 aromatic rings. The van der Waals surface area contributed by atoms with Gasteiger partial charge in [0, 0.05) is 6.42 Å². The second kappa shape index (κ2) is 7.55. The molecule has 0 heterocycles. The lowest BCUT2D eigenvalue weighted by Crippen LogP contribution is -2.26. The van der Waals surface area contributed by atoms with E-state index < -0.39 is 11.7 Å². The van der Waals surface area contributed by atoms with E-state index in [2.05, 4.69) is 16.1 Å². The van der Waals surface area contributed by atoms with Crippen LogP contribution in [0.4, 0.5) is 13.2 Å². The fourth-order valence-electron chi connectivity index (χ4n) is 2.34.